The number of hydrogen-bond acceptors (Lipinski definition) is 4. The molecule has 3 aromatic rings. The van der Waals surface area contributed by atoms with Crippen LogP contribution in [-0.4, -0.2) is 41.1 Å². The average molecular weight is 484 g/mol. The molecule has 3 aromatic carbocycles. The summed E-state index contributed by atoms with van der Waals surface area (Å²) in [5, 5.41) is 23.6. The number of benzene rings is 3. The summed E-state index contributed by atoms with van der Waals surface area (Å²) in [5.41, 5.74) is 1.90. The maximum atomic E-state index is 14.3. The lowest BCUT2D eigenvalue weighted by Crippen LogP contribution is -2.43. The molecular weight excluding hydrogens is 464 g/mol. The zero-order chi connectivity index (χ0) is 23.5. The Balaban J connectivity index is 1.56. The Kier molecular flexibility index (Phi) is 6.96. The number of halogens is 3. The van der Waals surface area contributed by atoms with Crippen LogP contribution in [0.1, 0.15) is 33.1 Å². The molecule has 1 aliphatic heterocycles. The summed E-state index contributed by atoms with van der Waals surface area (Å²) in [5.74, 6) is -1.42. The Morgan fingerprint density at radius 1 is 1.03 bits per heavy atom. The van der Waals surface area contributed by atoms with E-state index in [1.54, 1.807) is 24.3 Å². The van der Waals surface area contributed by atoms with E-state index in [1.807, 2.05) is 30.3 Å². The predicted molar refractivity (Wildman–Crippen MR) is 125 cm³/mol. The highest BCUT2D eigenvalue weighted by Crippen LogP contribution is 2.33. The highest BCUT2D eigenvalue weighted by atomic mass is 35.5. The number of carbonyl (C=O) groups is 1. The van der Waals surface area contributed by atoms with Crippen molar-refractivity contribution in [3.05, 3.63) is 105 Å². The van der Waals surface area contributed by atoms with Crippen LogP contribution in [-0.2, 0) is 0 Å². The van der Waals surface area contributed by atoms with E-state index in [0.29, 0.717) is 23.1 Å². The maximum absolute atomic E-state index is 14.3. The van der Waals surface area contributed by atoms with Crippen LogP contribution >= 0.6 is 23.2 Å². The molecule has 4 rings (SSSR count). The topological polar surface area (TPSA) is 76.4 Å². The molecule has 0 spiro atoms. The normalized spacial score (nSPS) is 18.3. The fraction of sp³-hybridized carbons (Fsp3) is 0.200. The molecule has 2 N–H and O–H groups in total. The van der Waals surface area contributed by atoms with Crippen molar-refractivity contribution in [2.24, 2.45) is 0 Å². The lowest BCUT2D eigenvalue weighted by atomic mass is 9.97. The monoisotopic (exact) mass is 483 g/mol. The van der Waals surface area contributed by atoms with Crippen molar-refractivity contribution in [1.82, 2.24) is 10.2 Å². The van der Waals surface area contributed by atoms with Gasteiger partial charge >= 0.3 is 0 Å². The third-order valence-electron chi connectivity index (χ3n) is 5.71. The number of rotatable bonds is 5. The molecule has 0 aromatic heterocycles. The van der Waals surface area contributed by atoms with Gasteiger partial charge in [-0.05, 0) is 53.6 Å². The molecular formula is C25H20Cl2FN3O2. The lowest BCUT2D eigenvalue weighted by molar-refractivity contribution is 0.0884. The summed E-state index contributed by atoms with van der Waals surface area (Å²) in [4.78, 5) is 14.7. The second-order valence-electron chi connectivity index (χ2n) is 7.91. The number of aliphatic hydroxyl groups excluding tert-OH is 1. The van der Waals surface area contributed by atoms with Crippen LogP contribution in [0.15, 0.2) is 66.7 Å². The van der Waals surface area contributed by atoms with Crippen LogP contribution < -0.4 is 5.32 Å². The van der Waals surface area contributed by atoms with Crippen molar-refractivity contribution < 1.29 is 14.3 Å². The van der Waals surface area contributed by atoms with Crippen LogP contribution in [0.3, 0.4) is 0 Å². The van der Waals surface area contributed by atoms with Crippen molar-refractivity contribution in [1.29, 1.82) is 5.26 Å². The molecule has 1 aliphatic rings. The first-order chi connectivity index (χ1) is 15.9. The third-order valence-corrected chi connectivity index (χ3v) is 6.22. The van der Waals surface area contributed by atoms with E-state index >= 15 is 0 Å². The quantitative estimate of drug-likeness (QED) is 0.557. The average Bonchev–Trinajstić information content (AvgIpc) is 3.15. The summed E-state index contributed by atoms with van der Waals surface area (Å²) < 4.78 is 14.3. The molecule has 2 unspecified atom stereocenters. The number of likely N-dealkylation sites (tertiary alicyclic amines) is 1. The summed E-state index contributed by atoms with van der Waals surface area (Å²) in [6.07, 6.45) is -0.850. The van der Waals surface area contributed by atoms with Crippen LogP contribution in [0.4, 0.5) is 4.39 Å². The SMILES string of the molecule is N#Cc1ccc(C(=O)NC2CN(C(c3ccc(Cl)cc3)c3ccc(Cl)cc3)CC2O)c(F)c1. The van der Waals surface area contributed by atoms with Gasteiger partial charge in [-0.1, -0.05) is 47.5 Å². The Labute approximate surface area is 201 Å². The van der Waals surface area contributed by atoms with E-state index in [1.165, 1.54) is 12.1 Å². The maximum Gasteiger partial charge on any atom is 0.254 e. The molecule has 0 radical (unpaired) electrons. The molecule has 1 saturated heterocycles. The van der Waals surface area contributed by atoms with E-state index in [9.17, 15) is 14.3 Å². The van der Waals surface area contributed by atoms with Gasteiger partial charge in [-0.3, -0.25) is 9.69 Å². The van der Waals surface area contributed by atoms with Gasteiger partial charge in [0.25, 0.3) is 5.91 Å². The van der Waals surface area contributed by atoms with Crippen molar-refractivity contribution in [3.63, 3.8) is 0 Å². The van der Waals surface area contributed by atoms with E-state index in [2.05, 4.69) is 10.2 Å². The second-order valence-corrected chi connectivity index (χ2v) is 8.79. The number of nitrogens with one attached hydrogen (secondary N) is 1. The zero-order valence-electron chi connectivity index (χ0n) is 17.4. The van der Waals surface area contributed by atoms with Crippen LogP contribution in [0.25, 0.3) is 0 Å². The Morgan fingerprint density at radius 3 is 2.12 bits per heavy atom. The fourth-order valence-electron chi connectivity index (χ4n) is 4.09. The van der Waals surface area contributed by atoms with Crippen LogP contribution in [0.5, 0.6) is 0 Å². The molecule has 2 atom stereocenters. The standard InChI is InChI=1S/C25H20Cl2FN3O2/c26-18-6-2-16(3-7-18)24(17-4-8-19(27)9-5-17)31-13-22(23(32)14-31)30-25(33)20-10-1-15(12-29)11-21(20)28/h1-11,22-24,32H,13-14H2,(H,30,33). The summed E-state index contributed by atoms with van der Waals surface area (Å²) >= 11 is 12.1. The molecule has 168 valence electrons. The highest BCUT2D eigenvalue weighted by Gasteiger charge is 2.37. The van der Waals surface area contributed by atoms with E-state index < -0.39 is 23.9 Å². The van der Waals surface area contributed by atoms with E-state index in [0.717, 1.165) is 17.2 Å². The smallest absolute Gasteiger partial charge is 0.254 e. The van der Waals surface area contributed by atoms with Crippen molar-refractivity contribution >= 4 is 29.1 Å². The zero-order valence-corrected chi connectivity index (χ0v) is 18.9. The molecule has 0 aliphatic carbocycles. The first kappa shape index (κ1) is 23.2. The summed E-state index contributed by atoms with van der Waals surface area (Å²) in [6, 6.07) is 19.6. The van der Waals surface area contributed by atoms with Gasteiger partial charge in [0.1, 0.15) is 5.82 Å². The Hall–Kier alpha value is -2.95. The summed E-state index contributed by atoms with van der Waals surface area (Å²) in [7, 11) is 0. The second kappa shape index (κ2) is 9.90. The number of aliphatic hydroxyl groups is 1. The minimum Gasteiger partial charge on any atom is -0.390 e. The van der Waals surface area contributed by atoms with E-state index in [-0.39, 0.29) is 17.2 Å². The van der Waals surface area contributed by atoms with Gasteiger partial charge in [0.15, 0.2) is 0 Å². The lowest BCUT2D eigenvalue weighted by Gasteiger charge is -2.29. The van der Waals surface area contributed by atoms with Crippen LogP contribution in [0, 0.1) is 17.1 Å². The van der Waals surface area contributed by atoms with Gasteiger partial charge < -0.3 is 10.4 Å². The van der Waals surface area contributed by atoms with Gasteiger partial charge in [0, 0.05) is 23.1 Å². The Morgan fingerprint density at radius 2 is 1.61 bits per heavy atom. The van der Waals surface area contributed by atoms with Gasteiger partial charge in [-0.15, -0.1) is 0 Å². The molecule has 33 heavy (non-hydrogen) atoms. The Bertz CT molecular complexity index is 1150. The molecule has 8 heteroatoms. The molecule has 1 amide bonds. The highest BCUT2D eigenvalue weighted by molar-refractivity contribution is 6.30. The first-order valence-electron chi connectivity index (χ1n) is 10.3. The minimum absolute atomic E-state index is 0.130. The number of nitriles is 1. The van der Waals surface area contributed by atoms with E-state index in [4.69, 9.17) is 28.5 Å². The number of nitrogens with zero attached hydrogens (tertiary/aromatic N) is 2. The van der Waals surface area contributed by atoms with Gasteiger partial charge in [-0.25, -0.2) is 4.39 Å². The molecule has 0 saturated carbocycles. The number of carbonyl (C=O) groups excluding carboxylic acids is 1. The molecule has 5 nitrogen and oxygen atoms in total. The van der Waals surface area contributed by atoms with Crippen LogP contribution in [0.2, 0.25) is 10.0 Å². The summed E-state index contributed by atoms with van der Waals surface area (Å²) in [6.45, 7) is 0.650. The van der Waals surface area contributed by atoms with Crippen molar-refractivity contribution in [3.8, 4) is 6.07 Å². The minimum atomic E-state index is -0.850. The number of hydrogen-bond donors (Lipinski definition) is 2. The third kappa shape index (κ3) is 5.18. The van der Waals surface area contributed by atoms with Gasteiger partial charge in [0.05, 0.1) is 35.4 Å². The number of β-amino-alcohol motifs (C(OH)–C–C–N with tert-alkyl or cyclic N) is 1. The largest absolute Gasteiger partial charge is 0.390 e. The first-order valence-corrected chi connectivity index (χ1v) is 11.0. The molecule has 1 fully saturated rings. The molecule has 1 heterocycles. The predicted octanol–water partition coefficient (Wildman–Crippen LogP) is 4.57. The number of amides is 1. The fourth-order valence-corrected chi connectivity index (χ4v) is 4.34. The molecule has 0 bridgehead atoms. The van der Waals surface area contributed by atoms with Gasteiger partial charge in [0.2, 0.25) is 0 Å². The van der Waals surface area contributed by atoms with Crippen molar-refractivity contribution in [2.45, 2.75) is 18.2 Å². The van der Waals surface area contributed by atoms with Crippen molar-refractivity contribution in [2.75, 3.05) is 13.1 Å². The van der Waals surface area contributed by atoms with Gasteiger partial charge in [-0.2, -0.15) is 5.26 Å².